The molecule has 0 spiro atoms. The minimum absolute atomic E-state index is 0.181. The molecule has 0 aliphatic carbocycles. The molecular formula is C13H19ClFN5O9P2. The van der Waals surface area contributed by atoms with Crippen LogP contribution in [0.15, 0.2) is 6.33 Å². The van der Waals surface area contributed by atoms with Crippen LogP contribution in [0.5, 0.6) is 0 Å². The summed E-state index contributed by atoms with van der Waals surface area (Å²) in [6.07, 6.45) is -4.35. The molecule has 0 aromatic carbocycles. The summed E-state index contributed by atoms with van der Waals surface area (Å²) in [4.78, 5) is 39.3. The molecule has 1 aliphatic rings. The lowest BCUT2D eigenvalue weighted by atomic mass is 9.99. The summed E-state index contributed by atoms with van der Waals surface area (Å²) in [7, 11) is -9.06. The number of hydrogen-bond donors (Lipinski definition) is 5. The van der Waals surface area contributed by atoms with Gasteiger partial charge in [0.15, 0.2) is 29.4 Å². The molecule has 0 amide bonds. The number of aromatic nitrogens is 4. The molecule has 174 valence electrons. The van der Waals surface area contributed by atoms with Crippen LogP contribution in [-0.2, 0) is 22.7 Å². The summed E-state index contributed by atoms with van der Waals surface area (Å²) in [5.74, 6) is 0.108. The van der Waals surface area contributed by atoms with Gasteiger partial charge in [-0.1, -0.05) is 0 Å². The first-order valence-corrected chi connectivity index (χ1v) is 12.1. The highest BCUT2D eigenvalue weighted by atomic mass is 35.5. The smallest absolute Gasteiger partial charge is 0.387 e. The zero-order valence-electron chi connectivity index (χ0n) is 16.0. The molecule has 2 aromatic heterocycles. The second-order valence-electron chi connectivity index (χ2n) is 6.60. The third-order valence-corrected chi connectivity index (χ3v) is 7.00. The predicted molar refractivity (Wildman–Crippen MR) is 103 cm³/mol. The van der Waals surface area contributed by atoms with Crippen LogP contribution in [0.3, 0.4) is 0 Å². The van der Waals surface area contributed by atoms with E-state index in [9.17, 15) is 19.1 Å². The number of aliphatic hydroxyl groups excluding tert-OH is 1. The van der Waals surface area contributed by atoms with Crippen LogP contribution < -0.4 is 5.32 Å². The third kappa shape index (κ3) is 4.91. The number of hydrogen-bond acceptors (Lipinski definition) is 10. The van der Waals surface area contributed by atoms with Crippen molar-refractivity contribution in [2.75, 3.05) is 24.9 Å². The predicted octanol–water partition coefficient (Wildman–Crippen LogP) is 0.608. The summed E-state index contributed by atoms with van der Waals surface area (Å²) in [6.45, 7) is 0.580. The average molecular weight is 506 g/mol. The second-order valence-corrected chi connectivity index (χ2v) is 9.70. The number of ether oxygens (including phenoxy) is 1. The Kier molecular flexibility index (Phi) is 6.76. The van der Waals surface area contributed by atoms with E-state index in [4.69, 9.17) is 26.1 Å². The number of nitrogens with zero attached hydrogens (tertiary/aromatic N) is 4. The highest BCUT2D eigenvalue weighted by Gasteiger charge is 2.57. The van der Waals surface area contributed by atoms with Crippen LogP contribution in [0.2, 0.25) is 0 Å². The minimum atomic E-state index is -5.38. The number of imidazole rings is 1. The highest BCUT2D eigenvalue weighted by molar-refractivity contribution is 7.60. The quantitative estimate of drug-likeness (QED) is 0.247. The maximum atomic E-state index is 15.0. The Morgan fingerprint density at radius 1 is 1.39 bits per heavy atom. The summed E-state index contributed by atoms with van der Waals surface area (Å²) in [5.41, 5.74) is -1.58. The molecule has 2 aromatic rings. The molecule has 0 bridgehead atoms. The van der Waals surface area contributed by atoms with Crippen molar-refractivity contribution in [1.82, 2.24) is 19.5 Å². The number of halogens is 2. The normalized spacial score (nSPS) is 28.7. The number of aryl methyl sites for hydroxylation is 1. The molecule has 0 radical (unpaired) electrons. The van der Waals surface area contributed by atoms with Gasteiger partial charge >= 0.3 is 15.6 Å². The Labute approximate surface area is 179 Å². The Balaban J connectivity index is 1.91. The SMILES string of the molecule is CNc1nc(C)nc2c1ncn2[C@@H]1O[C@](CCl)(COP(=O)(O)OP(=O)(O)O)[C@@H](O)[C@@H]1F. The van der Waals surface area contributed by atoms with Crippen molar-refractivity contribution in [3.63, 3.8) is 0 Å². The molecule has 18 heteroatoms. The van der Waals surface area contributed by atoms with Gasteiger partial charge in [-0.25, -0.2) is 28.5 Å². The summed E-state index contributed by atoms with van der Waals surface area (Å²) >= 11 is 5.85. The summed E-state index contributed by atoms with van der Waals surface area (Å²) in [5, 5.41) is 13.3. The van der Waals surface area contributed by atoms with Gasteiger partial charge in [0.2, 0.25) is 0 Å². The van der Waals surface area contributed by atoms with E-state index in [1.54, 1.807) is 14.0 Å². The van der Waals surface area contributed by atoms with Gasteiger partial charge in [-0.05, 0) is 6.92 Å². The number of aliphatic hydroxyl groups is 1. The van der Waals surface area contributed by atoms with Gasteiger partial charge in [0, 0.05) is 7.05 Å². The second kappa shape index (κ2) is 8.60. The van der Waals surface area contributed by atoms with E-state index in [-0.39, 0.29) is 5.65 Å². The van der Waals surface area contributed by atoms with Crippen LogP contribution in [-0.4, -0.2) is 76.7 Å². The Morgan fingerprint density at radius 3 is 2.65 bits per heavy atom. The van der Waals surface area contributed by atoms with Crippen LogP contribution in [0, 0.1) is 6.92 Å². The third-order valence-electron chi connectivity index (χ3n) is 4.42. The molecule has 14 nitrogen and oxygen atoms in total. The van der Waals surface area contributed by atoms with Gasteiger partial charge in [0.1, 0.15) is 17.5 Å². The van der Waals surface area contributed by atoms with Gasteiger partial charge in [0.25, 0.3) is 0 Å². The molecule has 1 unspecified atom stereocenters. The van der Waals surface area contributed by atoms with E-state index in [1.165, 1.54) is 10.9 Å². The van der Waals surface area contributed by atoms with Crippen molar-refractivity contribution in [2.24, 2.45) is 0 Å². The van der Waals surface area contributed by atoms with E-state index < -0.39 is 52.2 Å². The monoisotopic (exact) mass is 505 g/mol. The first-order valence-electron chi connectivity index (χ1n) is 8.51. The lowest BCUT2D eigenvalue weighted by molar-refractivity contribution is -0.111. The molecule has 31 heavy (non-hydrogen) atoms. The summed E-state index contributed by atoms with van der Waals surface area (Å²) in [6, 6.07) is 0. The maximum Gasteiger partial charge on any atom is 0.481 e. The number of anilines is 1. The van der Waals surface area contributed by atoms with Crippen molar-refractivity contribution >= 4 is 44.2 Å². The molecule has 5 N–H and O–H groups in total. The van der Waals surface area contributed by atoms with Crippen molar-refractivity contribution < 1.29 is 46.9 Å². The first kappa shape index (κ1) is 24.4. The van der Waals surface area contributed by atoms with E-state index in [2.05, 4.69) is 29.1 Å². The largest absolute Gasteiger partial charge is 0.481 e. The van der Waals surface area contributed by atoms with Gasteiger partial charge < -0.3 is 29.8 Å². The first-order chi connectivity index (χ1) is 14.3. The van der Waals surface area contributed by atoms with Crippen LogP contribution >= 0.6 is 27.2 Å². The van der Waals surface area contributed by atoms with Gasteiger partial charge in [-0.2, -0.15) is 4.31 Å². The van der Waals surface area contributed by atoms with Crippen molar-refractivity contribution in [3.05, 3.63) is 12.2 Å². The molecule has 5 atom stereocenters. The highest BCUT2D eigenvalue weighted by Crippen LogP contribution is 2.58. The molecule has 3 rings (SSSR count). The van der Waals surface area contributed by atoms with Gasteiger partial charge in [0.05, 0.1) is 18.8 Å². The van der Waals surface area contributed by atoms with E-state index in [0.29, 0.717) is 17.2 Å². The molecule has 1 aliphatic heterocycles. The average Bonchev–Trinajstić information content (AvgIpc) is 3.18. The van der Waals surface area contributed by atoms with E-state index in [0.717, 1.165) is 0 Å². The number of fused-ring (bicyclic) bond motifs is 1. The molecule has 1 fully saturated rings. The topological polar surface area (TPSA) is 198 Å². The standard InChI is InChI=1S/C13H19ClFN5O9P2/c1-6-18-10(16-2)8-11(19-6)20(5-17-8)12-7(15)9(21)13(3-14,28-12)4-27-31(25,26)29-30(22,23)24/h5,7,9,12,21H,3-4H2,1-2H3,(H,25,26)(H,16,18,19)(H2,22,23,24)/t7-,9-,12+,13+/m0/s1. The number of phosphoric acid groups is 2. The zero-order chi connectivity index (χ0) is 23.2. The lowest BCUT2D eigenvalue weighted by Gasteiger charge is -2.29. The van der Waals surface area contributed by atoms with E-state index >= 15 is 4.39 Å². The number of rotatable bonds is 8. The summed E-state index contributed by atoms with van der Waals surface area (Å²) < 4.78 is 52.5. The van der Waals surface area contributed by atoms with Gasteiger partial charge in [-0.15, -0.1) is 11.6 Å². The lowest BCUT2D eigenvalue weighted by Crippen LogP contribution is -2.47. The Bertz CT molecular complexity index is 1070. The van der Waals surface area contributed by atoms with Crippen molar-refractivity contribution in [1.29, 1.82) is 0 Å². The molecule has 0 saturated carbocycles. The van der Waals surface area contributed by atoms with E-state index in [1.807, 2.05) is 0 Å². The fourth-order valence-corrected chi connectivity index (χ4v) is 4.98. The molecule has 3 heterocycles. The maximum absolute atomic E-state index is 15.0. The fourth-order valence-electron chi connectivity index (χ4n) is 3.03. The number of nitrogens with one attached hydrogen (secondary N) is 1. The van der Waals surface area contributed by atoms with Crippen molar-refractivity contribution in [2.45, 2.75) is 31.0 Å². The number of alkyl halides is 2. The van der Waals surface area contributed by atoms with Crippen LogP contribution in [0.1, 0.15) is 12.1 Å². The number of phosphoric ester groups is 1. The van der Waals surface area contributed by atoms with Gasteiger partial charge in [-0.3, -0.25) is 9.09 Å². The zero-order valence-corrected chi connectivity index (χ0v) is 18.5. The Hall–Kier alpha value is -1.25. The Morgan fingerprint density at radius 2 is 2.06 bits per heavy atom. The van der Waals surface area contributed by atoms with Crippen LogP contribution in [0.25, 0.3) is 11.2 Å². The van der Waals surface area contributed by atoms with Crippen LogP contribution in [0.4, 0.5) is 10.2 Å². The molecule has 1 saturated heterocycles. The fraction of sp³-hybridized carbons (Fsp3) is 0.615. The minimum Gasteiger partial charge on any atom is -0.387 e. The van der Waals surface area contributed by atoms with Crippen molar-refractivity contribution in [3.8, 4) is 0 Å². The molecular weight excluding hydrogens is 487 g/mol.